The molecule has 114 valence electrons. The van der Waals surface area contributed by atoms with Crippen molar-refractivity contribution in [2.45, 2.75) is 6.92 Å². The highest BCUT2D eigenvalue weighted by Crippen LogP contribution is 2.28. The van der Waals surface area contributed by atoms with Crippen molar-refractivity contribution in [2.75, 3.05) is 11.9 Å². The number of nitrogens with zero attached hydrogens (tertiary/aromatic N) is 5. The molecule has 0 atom stereocenters. The highest BCUT2D eigenvalue weighted by Gasteiger charge is 2.24. The van der Waals surface area contributed by atoms with Crippen LogP contribution >= 0.6 is 0 Å². The summed E-state index contributed by atoms with van der Waals surface area (Å²) >= 11 is 0. The molecule has 0 aromatic carbocycles. The first-order chi connectivity index (χ1) is 11.1. The van der Waals surface area contributed by atoms with Gasteiger partial charge in [0, 0.05) is 5.56 Å². The van der Waals surface area contributed by atoms with Crippen molar-refractivity contribution in [3.8, 4) is 6.07 Å². The molecule has 2 aromatic heterocycles. The Labute approximate surface area is 131 Å². The van der Waals surface area contributed by atoms with E-state index in [1.165, 1.54) is 17.4 Å². The highest BCUT2D eigenvalue weighted by molar-refractivity contribution is 6.02. The molecule has 0 aliphatic carbocycles. The van der Waals surface area contributed by atoms with Crippen LogP contribution in [-0.4, -0.2) is 33.1 Å². The van der Waals surface area contributed by atoms with Crippen molar-refractivity contribution in [2.24, 2.45) is 5.10 Å². The number of nitrogens with one attached hydrogen (secondary N) is 1. The van der Waals surface area contributed by atoms with Crippen molar-refractivity contribution in [3.05, 3.63) is 48.2 Å². The van der Waals surface area contributed by atoms with Crippen LogP contribution in [0.25, 0.3) is 5.70 Å². The van der Waals surface area contributed by atoms with Gasteiger partial charge < -0.3 is 4.42 Å². The lowest BCUT2D eigenvalue weighted by atomic mass is 10.1. The van der Waals surface area contributed by atoms with E-state index in [1.54, 1.807) is 19.3 Å². The standard InChI is InChI=1S/C15H12N6O2/c1-9-14-12(3-4-23-14)10(2)21(20-9)8-13(22)19-15-17-6-11(5-16)7-18-15/h3-4,6-7H,2,8H2,1H3,(H,17,18,19,22). The van der Waals surface area contributed by atoms with Gasteiger partial charge in [-0.15, -0.1) is 0 Å². The number of carbonyl (C=O) groups is 1. The number of rotatable bonds is 3. The number of anilines is 1. The van der Waals surface area contributed by atoms with Gasteiger partial charge in [0.15, 0.2) is 5.76 Å². The van der Waals surface area contributed by atoms with Crippen LogP contribution < -0.4 is 5.32 Å². The molecule has 0 spiro atoms. The van der Waals surface area contributed by atoms with E-state index in [0.29, 0.717) is 22.7 Å². The zero-order chi connectivity index (χ0) is 16.4. The summed E-state index contributed by atoms with van der Waals surface area (Å²) in [6.07, 6.45) is 4.23. The number of hydrogen-bond donors (Lipinski definition) is 1. The van der Waals surface area contributed by atoms with Gasteiger partial charge in [0.2, 0.25) is 11.9 Å². The maximum atomic E-state index is 12.1. The van der Waals surface area contributed by atoms with Gasteiger partial charge >= 0.3 is 0 Å². The van der Waals surface area contributed by atoms with Gasteiger partial charge in [-0.2, -0.15) is 10.4 Å². The maximum Gasteiger partial charge on any atom is 0.248 e. The minimum Gasteiger partial charge on any atom is -0.462 e. The molecule has 8 heteroatoms. The normalized spacial score (nSPS) is 13.1. The summed E-state index contributed by atoms with van der Waals surface area (Å²) in [7, 11) is 0. The number of nitriles is 1. The fourth-order valence-corrected chi connectivity index (χ4v) is 2.12. The molecule has 0 unspecified atom stereocenters. The van der Waals surface area contributed by atoms with E-state index in [9.17, 15) is 4.79 Å². The molecule has 23 heavy (non-hydrogen) atoms. The Balaban J connectivity index is 1.69. The van der Waals surface area contributed by atoms with Crippen LogP contribution in [0.3, 0.4) is 0 Å². The number of hydrogen-bond acceptors (Lipinski definition) is 7. The number of aromatic nitrogens is 2. The third-order valence-electron chi connectivity index (χ3n) is 3.21. The first kappa shape index (κ1) is 14.5. The molecule has 3 heterocycles. The van der Waals surface area contributed by atoms with Gasteiger partial charge in [0.05, 0.1) is 29.9 Å². The Kier molecular flexibility index (Phi) is 3.60. The average molecular weight is 308 g/mol. The molecule has 1 aliphatic rings. The van der Waals surface area contributed by atoms with E-state index in [1.807, 2.05) is 6.07 Å². The van der Waals surface area contributed by atoms with Crippen molar-refractivity contribution < 1.29 is 9.21 Å². The van der Waals surface area contributed by atoms with E-state index in [4.69, 9.17) is 9.68 Å². The van der Waals surface area contributed by atoms with E-state index < -0.39 is 0 Å². The van der Waals surface area contributed by atoms with E-state index in [-0.39, 0.29) is 18.4 Å². The van der Waals surface area contributed by atoms with Crippen LogP contribution in [0.2, 0.25) is 0 Å². The summed E-state index contributed by atoms with van der Waals surface area (Å²) in [4.78, 5) is 19.9. The summed E-state index contributed by atoms with van der Waals surface area (Å²) < 4.78 is 5.34. The molecule has 0 radical (unpaired) electrons. The molecule has 1 aliphatic heterocycles. The quantitative estimate of drug-likeness (QED) is 0.922. The van der Waals surface area contributed by atoms with Gasteiger partial charge in [-0.1, -0.05) is 6.58 Å². The van der Waals surface area contributed by atoms with Crippen molar-refractivity contribution >= 4 is 23.3 Å². The summed E-state index contributed by atoms with van der Waals surface area (Å²) in [5.41, 5.74) is 2.37. The Morgan fingerprint density at radius 2 is 2.22 bits per heavy atom. The third kappa shape index (κ3) is 2.80. The molecule has 1 N–H and O–H groups in total. The Bertz CT molecular complexity index is 844. The van der Waals surface area contributed by atoms with Gasteiger partial charge in [-0.05, 0) is 13.0 Å². The topological polar surface area (TPSA) is 107 Å². The zero-order valence-corrected chi connectivity index (χ0v) is 12.3. The molecule has 0 fully saturated rings. The number of hydrazone groups is 1. The summed E-state index contributed by atoms with van der Waals surface area (Å²) in [6.45, 7) is 5.70. The molecule has 0 bridgehead atoms. The smallest absolute Gasteiger partial charge is 0.248 e. The first-order valence-corrected chi connectivity index (χ1v) is 6.70. The van der Waals surface area contributed by atoms with Crippen LogP contribution in [-0.2, 0) is 4.79 Å². The molecule has 0 saturated heterocycles. The summed E-state index contributed by atoms with van der Waals surface area (Å²) in [5, 5.41) is 17.0. The summed E-state index contributed by atoms with van der Waals surface area (Å²) in [5.74, 6) is 0.433. The minimum atomic E-state index is -0.348. The lowest BCUT2D eigenvalue weighted by molar-refractivity contribution is -0.116. The summed E-state index contributed by atoms with van der Waals surface area (Å²) in [6, 6.07) is 3.69. The Morgan fingerprint density at radius 3 is 2.91 bits per heavy atom. The average Bonchev–Trinajstić information content (AvgIpc) is 3.03. The molecule has 3 rings (SSSR count). The van der Waals surface area contributed by atoms with Gasteiger partial charge in [-0.3, -0.25) is 15.1 Å². The van der Waals surface area contributed by atoms with Crippen LogP contribution in [0, 0.1) is 11.3 Å². The van der Waals surface area contributed by atoms with Crippen molar-refractivity contribution in [3.63, 3.8) is 0 Å². The number of amides is 1. The molecule has 8 nitrogen and oxygen atoms in total. The van der Waals surface area contributed by atoms with Gasteiger partial charge in [0.25, 0.3) is 0 Å². The zero-order valence-electron chi connectivity index (χ0n) is 12.3. The van der Waals surface area contributed by atoms with Crippen molar-refractivity contribution in [1.82, 2.24) is 15.0 Å². The lowest BCUT2D eigenvalue weighted by Gasteiger charge is -2.25. The predicted molar refractivity (Wildman–Crippen MR) is 82.0 cm³/mol. The van der Waals surface area contributed by atoms with E-state index in [0.717, 1.165) is 5.56 Å². The molecular weight excluding hydrogens is 296 g/mol. The molecule has 2 aromatic rings. The number of fused-ring (bicyclic) bond motifs is 1. The van der Waals surface area contributed by atoms with Crippen molar-refractivity contribution in [1.29, 1.82) is 5.26 Å². The van der Waals surface area contributed by atoms with E-state index >= 15 is 0 Å². The molecule has 0 saturated carbocycles. The lowest BCUT2D eigenvalue weighted by Crippen LogP contribution is -2.31. The fraction of sp³-hybridized carbons (Fsp3) is 0.133. The van der Waals surface area contributed by atoms with Crippen LogP contribution in [0.15, 0.2) is 40.8 Å². The minimum absolute atomic E-state index is 0.0375. The Morgan fingerprint density at radius 1 is 1.48 bits per heavy atom. The predicted octanol–water partition coefficient (Wildman–Crippen LogP) is 1.59. The largest absolute Gasteiger partial charge is 0.462 e. The first-order valence-electron chi connectivity index (χ1n) is 6.70. The second kappa shape index (κ2) is 5.73. The second-order valence-electron chi connectivity index (χ2n) is 4.81. The molecular formula is C15H12N6O2. The monoisotopic (exact) mass is 308 g/mol. The Hall–Kier alpha value is -3.47. The highest BCUT2D eigenvalue weighted by atomic mass is 16.3. The third-order valence-corrected chi connectivity index (χ3v) is 3.21. The van der Waals surface area contributed by atoms with Gasteiger partial charge in [-0.25, -0.2) is 9.97 Å². The maximum absolute atomic E-state index is 12.1. The van der Waals surface area contributed by atoms with Crippen LogP contribution in [0.5, 0.6) is 0 Å². The fourth-order valence-electron chi connectivity index (χ4n) is 2.12. The SMILES string of the molecule is C=C1c2ccoc2C(C)=NN1CC(=O)Nc1ncc(C#N)cn1. The second-order valence-corrected chi connectivity index (χ2v) is 4.81. The molecule has 1 amide bonds. The van der Waals surface area contributed by atoms with Crippen LogP contribution in [0.1, 0.15) is 23.8 Å². The number of furan rings is 1. The van der Waals surface area contributed by atoms with Crippen LogP contribution in [0.4, 0.5) is 5.95 Å². The van der Waals surface area contributed by atoms with Gasteiger partial charge in [0.1, 0.15) is 18.3 Å². The van der Waals surface area contributed by atoms with E-state index in [2.05, 4.69) is 27.0 Å². The number of carbonyl (C=O) groups excluding carboxylic acids is 1.